The van der Waals surface area contributed by atoms with E-state index < -0.39 is 11.7 Å². The van der Waals surface area contributed by atoms with Gasteiger partial charge in [-0.05, 0) is 44.4 Å². The van der Waals surface area contributed by atoms with Gasteiger partial charge in [-0.1, -0.05) is 30.6 Å². The number of nitrogens with one attached hydrogen (secondary N) is 1. The highest BCUT2D eigenvalue weighted by Crippen LogP contribution is 2.35. The van der Waals surface area contributed by atoms with Crippen LogP contribution in [0, 0.1) is 6.92 Å². The summed E-state index contributed by atoms with van der Waals surface area (Å²) in [5, 5.41) is 13.5. The Balaban J connectivity index is 1.41. The van der Waals surface area contributed by atoms with Crippen molar-refractivity contribution in [2.45, 2.75) is 58.0 Å². The summed E-state index contributed by atoms with van der Waals surface area (Å²) in [6.07, 6.45) is 5.26. The number of aryl methyl sites for hydroxylation is 1. The Bertz CT molecular complexity index is 1080. The third kappa shape index (κ3) is 4.48. The molecule has 1 unspecified atom stereocenters. The molecule has 152 valence electrons. The fourth-order valence-corrected chi connectivity index (χ4v) is 4.56. The van der Waals surface area contributed by atoms with Crippen LogP contribution in [0.25, 0.3) is 11.0 Å². The Kier molecular flexibility index (Phi) is 5.62. The molecule has 0 spiro atoms. The van der Waals surface area contributed by atoms with Crippen molar-refractivity contribution in [3.63, 3.8) is 0 Å². The van der Waals surface area contributed by atoms with Gasteiger partial charge in [0.1, 0.15) is 16.3 Å². The van der Waals surface area contributed by atoms with E-state index in [0.29, 0.717) is 22.4 Å². The molecule has 1 saturated carbocycles. The number of aromatic nitrogens is 2. The second kappa shape index (κ2) is 8.32. The van der Waals surface area contributed by atoms with E-state index in [2.05, 4.69) is 15.5 Å². The average Bonchev–Trinajstić information content (AvgIpc) is 3.16. The van der Waals surface area contributed by atoms with Crippen LogP contribution in [0.3, 0.4) is 0 Å². The molecule has 1 aliphatic carbocycles. The molecule has 29 heavy (non-hydrogen) atoms. The summed E-state index contributed by atoms with van der Waals surface area (Å²) >= 11 is 1.44. The molecule has 2 heterocycles. The van der Waals surface area contributed by atoms with Crippen LogP contribution in [0.15, 0.2) is 33.5 Å². The Morgan fingerprint density at radius 3 is 2.83 bits per heavy atom. The van der Waals surface area contributed by atoms with E-state index in [-0.39, 0.29) is 5.91 Å². The Labute approximate surface area is 172 Å². The van der Waals surface area contributed by atoms with E-state index in [0.717, 1.165) is 28.8 Å². The molecule has 4 rings (SSSR count). The lowest BCUT2D eigenvalue weighted by molar-refractivity contribution is -0.122. The van der Waals surface area contributed by atoms with E-state index in [9.17, 15) is 9.59 Å². The van der Waals surface area contributed by atoms with Crippen molar-refractivity contribution in [2.24, 2.45) is 0 Å². The third-order valence-corrected chi connectivity index (χ3v) is 6.23. The molecule has 1 N–H and O–H groups in total. The summed E-state index contributed by atoms with van der Waals surface area (Å²) in [5.41, 5.74) is 0.850. The zero-order valence-corrected chi connectivity index (χ0v) is 17.3. The van der Waals surface area contributed by atoms with Gasteiger partial charge in [0.15, 0.2) is 6.10 Å². The number of nitrogens with zero attached hydrogens (tertiary/aromatic N) is 2. The van der Waals surface area contributed by atoms with Gasteiger partial charge in [-0.15, -0.1) is 10.2 Å². The average molecular weight is 413 g/mol. The first-order valence-electron chi connectivity index (χ1n) is 9.85. The number of fused-ring (bicyclic) bond motifs is 1. The predicted octanol–water partition coefficient (Wildman–Crippen LogP) is 4.41. The van der Waals surface area contributed by atoms with E-state index >= 15 is 0 Å². The molecular weight excluding hydrogens is 390 g/mol. The molecule has 0 bridgehead atoms. The maximum atomic E-state index is 12.5. The van der Waals surface area contributed by atoms with Crippen LogP contribution in [0.5, 0.6) is 5.75 Å². The second-order valence-electron chi connectivity index (χ2n) is 7.44. The normalized spacial score (nSPS) is 15.9. The summed E-state index contributed by atoms with van der Waals surface area (Å²) in [6, 6.07) is 6.64. The first-order chi connectivity index (χ1) is 14.0. The van der Waals surface area contributed by atoms with Crippen LogP contribution in [0.4, 0.5) is 5.13 Å². The number of ether oxygens (including phenoxy) is 1. The standard InChI is InChI=1S/C21H23N3O4S/c1-12-10-18(25)28-17-11-15(8-9-16(12)17)27-13(2)19(26)22-21-24-23-20(29-21)14-6-4-3-5-7-14/h8-11,13-14H,3-7H2,1-2H3,(H,22,24,26). The van der Waals surface area contributed by atoms with E-state index in [1.165, 1.54) is 36.7 Å². The SMILES string of the molecule is Cc1cc(=O)oc2cc(OC(C)C(=O)Nc3nnc(C4CCCCC4)s3)ccc12. The minimum absolute atomic E-state index is 0.304. The van der Waals surface area contributed by atoms with Gasteiger partial charge in [0.05, 0.1) is 0 Å². The lowest BCUT2D eigenvalue weighted by Crippen LogP contribution is -2.30. The molecule has 1 amide bonds. The lowest BCUT2D eigenvalue weighted by atomic mass is 9.90. The van der Waals surface area contributed by atoms with Gasteiger partial charge in [0, 0.05) is 23.4 Å². The quantitative estimate of drug-likeness (QED) is 0.623. The maximum Gasteiger partial charge on any atom is 0.336 e. The lowest BCUT2D eigenvalue weighted by Gasteiger charge is -2.18. The van der Waals surface area contributed by atoms with Gasteiger partial charge < -0.3 is 9.15 Å². The highest BCUT2D eigenvalue weighted by Gasteiger charge is 2.22. The molecule has 0 saturated heterocycles. The molecule has 0 radical (unpaired) electrons. The van der Waals surface area contributed by atoms with Crippen LogP contribution in [0.1, 0.15) is 55.5 Å². The fourth-order valence-electron chi connectivity index (χ4n) is 3.64. The monoisotopic (exact) mass is 413 g/mol. The highest BCUT2D eigenvalue weighted by atomic mass is 32.1. The number of amides is 1. The topological polar surface area (TPSA) is 94.3 Å². The summed E-state index contributed by atoms with van der Waals surface area (Å²) in [4.78, 5) is 24.1. The van der Waals surface area contributed by atoms with E-state index in [1.54, 1.807) is 19.1 Å². The van der Waals surface area contributed by atoms with Crippen molar-refractivity contribution in [1.29, 1.82) is 0 Å². The number of benzene rings is 1. The number of carbonyl (C=O) groups excluding carboxylic acids is 1. The fraction of sp³-hybridized carbons (Fsp3) is 0.429. The minimum Gasteiger partial charge on any atom is -0.481 e. The maximum absolute atomic E-state index is 12.5. The van der Waals surface area contributed by atoms with Crippen LogP contribution < -0.4 is 15.7 Å². The van der Waals surface area contributed by atoms with Crippen molar-refractivity contribution in [2.75, 3.05) is 5.32 Å². The molecule has 1 aromatic carbocycles. The van der Waals surface area contributed by atoms with Gasteiger partial charge in [-0.3, -0.25) is 10.1 Å². The van der Waals surface area contributed by atoms with Gasteiger partial charge >= 0.3 is 5.63 Å². The van der Waals surface area contributed by atoms with Crippen molar-refractivity contribution < 1.29 is 13.9 Å². The molecule has 1 fully saturated rings. The van der Waals surface area contributed by atoms with Gasteiger partial charge in [0.2, 0.25) is 5.13 Å². The first kappa shape index (κ1) is 19.6. The highest BCUT2D eigenvalue weighted by molar-refractivity contribution is 7.15. The Morgan fingerprint density at radius 2 is 2.03 bits per heavy atom. The van der Waals surface area contributed by atoms with Crippen molar-refractivity contribution in [1.82, 2.24) is 10.2 Å². The number of carbonyl (C=O) groups is 1. The molecule has 0 aliphatic heterocycles. The number of hydrogen-bond acceptors (Lipinski definition) is 7. The minimum atomic E-state index is -0.744. The van der Waals surface area contributed by atoms with Crippen LogP contribution in [0.2, 0.25) is 0 Å². The summed E-state index contributed by atoms with van der Waals surface area (Å²) in [5.74, 6) is 0.604. The van der Waals surface area contributed by atoms with E-state index in [4.69, 9.17) is 9.15 Å². The van der Waals surface area contributed by atoms with Crippen molar-refractivity contribution in [3.8, 4) is 5.75 Å². The first-order valence-corrected chi connectivity index (χ1v) is 10.7. The van der Waals surface area contributed by atoms with Gasteiger partial charge in [-0.25, -0.2) is 4.79 Å². The zero-order valence-electron chi connectivity index (χ0n) is 16.4. The molecule has 3 aromatic rings. The number of anilines is 1. The summed E-state index contributed by atoms with van der Waals surface area (Å²) in [6.45, 7) is 3.51. The second-order valence-corrected chi connectivity index (χ2v) is 8.45. The third-order valence-electron chi connectivity index (χ3n) is 5.23. The number of rotatable bonds is 5. The molecule has 1 atom stereocenters. The van der Waals surface area contributed by atoms with Crippen molar-refractivity contribution >= 4 is 33.3 Å². The molecular formula is C21H23N3O4S. The van der Waals surface area contributed by atoms with E-state index in [1.807, 2.05) is 13.0 Å². The predicted molar refractivity (Wildman–Crippen MR) is 112 cm³/mol. The Hall–Kier alpha value is -2.74. The number of hydrogen-bond donors (Lipinski definition) is 1. The molecule has 7 nitrogen and oxygen atoms in total. The molecule has 8 heteroatoms. The zero-order chi connectivity index (χ0) is 20.4. The summed E-state index contributed by atoms with van der Waals surface area (Å²) < 4.78 is 11.0. The van der Waals surface area contributed by atoms with Gasteiger partial charge in [0.25, 0.3) is 5.91 Å². The summed E-state index contributed by atoms with van der Waals surface area (Å²) in [7, 11) is 0. The largest absolute Gasteiger partial charge is 0.481 e. The van der Waals surface area contributed by atoms with Crippen LogP contribution in [-0.4, -0.2) is 22.2 Å². The van der Waals surface area contributed by atoms with Gasteiger partial charge in [-0.2, -0.15) is 0 Å². The Morgan fingerprint density at radius 1 is 1.24 bits per heavy atom. The smallest absolute Gasteiger partial charge is 0.336 e. The van der Waals surface area contributed by atoms with Crippen LogP contribution >= 0.6 is 11.3 Å². The molecule has 1 aliphatic rings. The van der Waals surface area contributed by atoms with Crippen molar-refractivity contribution in [3.05, 3.63) is 45.3 Å². The van der Waals surface area contributed by atoms with Crippen LogP contribution in [-0.2, 0) is 4.79 Å². The molecule has 2 aromatic heterocycles.